The molecular weight excluding hydrogens is 391 g/mol. The Hall–Kier alpha value is -1.81. The summed E-state index contributed by atoms with van der Waals surface area (Å²) in [6, 6.07) is 6.53. The number of ether oxygens (including phenoxy) is 2. The maximum Gasteiger partial charge on any atom is 0.416 e. The molecule has 2 atom stereocenters. The van der Waals surface area contributed by atoms with E-state index in [-0.39, 0.29) is 10.6 Å². The third kappa shape index (κ3) is 5.13. The van der Waals surface area contributed by atoms with Crippen molar-refractivity contribution in [1.82, 2.24) is 10.2 Å². The van der Waals surface area contributed by atoms with Gasteiger partial charge in [0.1, 0.15) is 6.10 Å². The molecular formula is C17H17F5N2O2S. The summed E-state index contributed by atoms with van der Waals surface area (Å²) >= 11 is 1.35. The Labute approximate surface area is 156 Å². The first-order valence-electron chi connectivity index (χ1n) is 8.13. The van der Waals surface area contributed by atoms with Crippen LogP contribution in [-0.4, -0.2) is 28.2 Å². The lowest BCUT2D eigenvalue weighted by atomic mass is 9.95. The zero-order chi connectivity index (χ0) is 19.7. The third-order valence-electron chi connectivity index (χ3n) is 4.22. The zero-order valence-corrected chi connectivity index (χ0v) is 15.0. The number of benzene rings is 1. The molecule has 1 aliphatic rings. The average Bonchev–Trinajstić information content (AvgIpc) is 3.01. The highest BCUT2D eigenvalue weighted by molar-refractivity contribution is 8.00. The van der Waals surface area contributed by atoms with Gasteiger partial charge in [0.05, 0.1) is 11.3 Å². The number of nitrogens with zero attached hydrogens (tertiary/aromatic N) is 1. The standard InChI is InChI=1S/C17H17F5N2O2S/c1-16(27-11-4-2-3-10(7-11)17(20,21)22)5-6-25-13(9-16)12-8-14(24-23-12)26-15(18)19/h2-4,7-8,13,15H,5-6,9H2,1H3,(H,23,24). The number of alkyl halides is 5. The molecule has 0 aliphatic carbocycles. The highest BCUT2D eigenvalue weighted by atomic mass is 32.2. The molecule has 0 spiro atoms. The fourth-order valence-corrected chi connectivity index (χ4v) is 4.24. The molecule has 4 nitrogen and oxygen atoms in total. The highest BCUT2D eigenvalue weighted by Crippen LogP contribution is 2.46. The fourth-order valence-electron chi connectivity index (χ4n) is 2.92. The number of hydrogen-bond acceptors (Lipinski definition) is 4. The average molecular weight is 408 g/mol. The lowest BCUT2D eigenvalue weighted by molar-refractivity contribution is -0.137. The van der Waals surface area contributed by atoms with E-state index in [1.807, 2.05) is 6.92 Å². The van der Waals surface area contributed by atoms with E-state index in [1.54, 1.807) is 6.07 Å². The van der Waals surface area contributed by atoms with Crippen LogP contribution in [0.2, 0.25) is 0 Å². The normalized spacial score (nSPS) is 23.6. The summed E-state index contributed by atoms with van der Waals surface area (Å²) in [5, 5.41) is 6.28. The van der Waals surface area contributed by atoms with Gasteiger partial charge in [-0.05, 0) is 38.0 Å². The van der Waals surface area contributed by atoms with Crippen LogP contribution >= 0.6 is 11.8 Å². The molecule has 10 heteroatoms. The van der Waals surface area contributed by atoms with Crippen molar-refractivity contribution in [3.05, 3.63) is 41.6 Å². The van der Waals surface area contributed by atoms with Crippen LogP contribution in [-0.2, 0) is 10.9 Å². The monoisotopic (exact) mass is 408 g/mol. The third-order valence-corrected chi connectivity index (χ3v) is 5.58. The van der Waals surface area contributed by atoms with E-state index >= 15 is 0 Å². The van der Waals surface area contributed by atoms with Gasteiger partial charge >= 0.3 is 12.8 Å². The molecule has 2 aromatic rings. The summed E-state index contributed by atoms with van der Waals surface area (Å²) in [4.78, 5) is 0.513. The lowest BCUT2D eigenvalue weighted by Crippen LogP contribution is -2.32. The number of halogens is 5. The van der Waals surface area contributed by atoms with E-state index in [0.717, 1.165) is 12.1 Å². The van der Waals surface area contributed by atoms with Crippen LogP contribution in [0.3, 0.4) is 0 Å². The Bertz CT molecular complexity index is 783. The number of H-pyrrole nitrogens is 1. The molecule has 1 N–H and O–H groups in total. The van der Waals surface area contributed by atoms with Crippen molar-refractivity contribution in [2.45, 2.75) is 48.3 Å². The fraction of sp³-hybridized carbons (Fsp3) is 0.471. The Morgan fingerprint density at radius 3 is 2.81 bits per heavy atom. The van der Waals surface area contributed by atoms with Gasteiger partial charge in [0.2, 0.25) is 5.88 Å². The van der Waals surface area contributed by atoms with Crippen LogP contribution in [0.5, 0.6) is 5.88 Å². The van der Waals surface area contributed by atoms with Crippen LogP contribution in [0.15, 0.2) is 35.2 Å². The Kier molecular flexibility index (Phi) is 5.66. The van der Waals surface area contributed by atoms with Crippen LogP contribution in [0.25, 0.3) is 0 Å². The van der Waals surface area contributed by atoms with E-state index in [2.05, 4.69) is 14.9 Å². The van der Waals surface area contributed by atoms with Gasteiger partial charge in [0.25, 0.3) is 0 Å². The van der Waals surface area contributed by atoms with Crippen LogP contribution in [0.4, 0.5) is 22.0 Å². The molecule has 2 heterocycles. The highest BCUT2D eigenvalue weighted by Gasteiger charge is 2.36. The Balaban J connectivity index is 1.72. The van der Waals surface area contributed by atoms with Crippen molar-refractivity contribution >= 4 is 11.8 Å². The first-order chi connectivity index (χ1) is 12.6. The van der Waals surface area contributed by atoms with Crippen molar-refractivity contribution in [2.24, 2.45) is 0 Å². The number of aromatic nitrogens is 2. The molecule has 1 aromatic carbocycles. The predicted molar refractivity (Wildman–Crippen MR) is 88.9 cm³/mol. The molecule has 27 heavy (non-hydrogen) atoms. The van der Waals surface area contributed by atoms with Crippen molar-refractivity contribution in [1.29, 1.82) is 0 Å². The Morgan fingerprint density at radius 2 is 2.11 bits per heavy atom. The molecule has 0 radical (unpaired) electrons. The smallest absolute Gasteiger partial charge is 0.415 e. The minimum Gasteiger partial charge on any atom is -0.415 e. The lowest BCUT2D eigenvalue weighted by Gasteiger charge is -2.37. The van der Waals surface area contributed by atoms with Crippen LogP contribution < -0.4 is 4.74 Å². The molecule has 1 aromatic heterocycles. The molecule has 0 bridgehead atoms. The van der Waals surface area contributed by atoms with Crippen molar-refractivity contribution < 1.29 is 31.4 Å². The molecule has 1 saturated heterocycles. The van der Waals surface area contributed by atoms with Gasteiger partial charge < -0.3 is 9.47 Å². The van der Waals surface area contributed by atoms with E-state index in [1.165, 1.54) is 23.9 Å². The zero-order valence-electron chi connectivity index (χ0n) is 14.2. The SMILES string of the molecule is CC1(Sc2cccc(C(F)(F)F)c2)CCOC(c2cc(OC(F)F)n[nH]2)C1. The summed E-state index contributed by atoms with van der Waals surface area (Å²) in [5.41, 5.74) is -0.205. The maximum absolute atomic E-state index is 12.9. The van der Waals surface area contributed by atoms with Crippen molar-refractivity contribution in [2.75, 3.05) is 6.61 Å². The van der Waals surface area contributed by atoms with Crippen LogP contribution in [0, 0.1) is 0 Å². The molecule has 2 unspecified atom stereocenters. The molecule has 148 valence electrons. The first-order valence-corrected chi connectivity index (χ1v) is 8.94. The summed E-state index contributed by atoms with van der Waals surface area (Å²) in [5.74, 6) is -0.235. The number of nitrogens with one attached hydrogen (secondary N) is 1. The second-order valence-electron chi connectivity index (χ2n) is 6.43. The molecule has 0 amide bonds. The summed E-state index contributed by atoms with van der Waals surface area (Å²) in [6.45, 7) is -0.646. The van der Waals surface area contributed by atoms with Crippen molar-refractivity contribution in [3.63, 3.8) is 0 Å². The molecule has 0 saturated carbocycles. The van der Waals surface area contributed by atoms with Gasteiger partial charge in [0, 0.05) is 22.3 Å². The van der Waals surface area contributed by atoms with Gasteiger partial charge in [-0.25, -0.2) is 0 Å². The van der Waals surface area contributed by atoms with Gasteiger partial charge in [-0.15, -0.1) is 16.9 Å². The second-order valence-corrected chi connectivity index (χ2v) is 8.09. The van der Waals surface area contributed by atoms with E-state index in [4.69, 9.17) is 4.74 Å². The summed E-state index contributed by atoms with van der Waals surface area (Å²) in [6.07, 6.45) is -3.72. The topological polar surface area (TPSA) is 47.1 Å². The van der Waals surface area contributed by atoms with Gasteiger partial charge in [0.15, 0.2) is 0 Å². The van der Waals surface area contributed by atoms with Gasteiger partial charge in [-0.3, -0.25) is 5.10 Å². The van der Waals surface area contributed by atoms with E-state index in [9.17, 15) is 22.0 Å². The summed E-state index contributed by atoms with van der Waals surface area (Å²) in [7, 11) is 0. The first kappa shape index (κ1) is 19.9. The minimum atomic E-state index is -4.40. The predicted octanol–water partition coefficient (Wildman–Crippen LogP) is 5.43. The van der Waals surface area contributed by atoms with Gasteiger partial charge in [-0.2, -0.15) is 22.0 Å². The van der Waals surface area contributed by atoms with E-state index in [0.29, 0.717) is 30.0 Å². The Morgan fingerprint density at radius 1 is 1.33 bits per heavy atom. The molecule has 3 rings (SSSR count). The minimum absolute atomic E-state index is 0.235. The summed E-state index contributed by atoms with van der Waals surface area (Å²) < 4.78 is 72.8. The number of aromatic amines is 1. The second kappa shape index (κ2) is 7.67. The maximum atomic E-state index is 12.9. The largest absolute Gasteiger partial charge is 0.416 e. The number of thioether (sulfide) groups is 1. The van der Waals surface area contributed by atoms with Crippen LogP contribution in [0.1, 0.15) is 37.1 Å². The number of hydrogen-bond donors (Lipinski definition) is 1. The van der Waals surface area contributed by atoms with Crippen molar-refractivity contribution in [3.8, 4) is 5.88 Å². The van der Waals surface area contributed by atoms with E-state index < -0.39 is 24.5 Å². The quantitative estimate of drug-likeness (QED) is 0.670. The molecule has 1 aliphatic heterocycles. The van der Waals surface area contributed by atoms with Gasteiger partial charge in [-0.1, -0.05) is 6.07 Å². The number of rotatable bonds is 5. The molecule has 1 fully saturated rings.